The zero-order valence-electron chi connectivity index (χ0n) is 15.6. The maximum Gasteiger partial charge on any atom is 0.162 e. The molecule has 0 spiro atoms. The van der Waals surface area contributed by atoms with Gasteiger partial charge in [-0.3, -0.25) is 5.10 Å². The lowest BCUT2D eigenvalue weighted by Crippen LogP contribution is -2.00. The maximum atomic E-state index is 9.98. The number of phenols is 1. The Morgan fingerprint density at radius 2 is 1.86 bits per heavy atom. The van der Waals surface area contributed by atoms with Gasteiger partial charge in [-0.25, -0.2) is 9.97 Å². The summed E-state index contributed by atoms with van der Waals surface area (Å²) >= 11 is 0. The van der Waals surface area contributed by atoms with Gasteiger partial charge in [0, 0.05) is 34.8 Å². The smallest absolute Gasteiger partial charge is 0.162 e. The standard InChI is InChI=1S/C22H18N6O/c1-23-15-4-2-3-13(9-15)21-26-20-8-6-17(29)11-18(20)22(27-21)25-16-5-7-19-14(10-16)12-24-28-19/h2-12,23,29H,1H3,(H,24,28)(H,25,26,27). The molecule has 7 nitrogen and oxygen atoms in total. The zero-order valence-corrected chi connectivity index (χ0v) is 15.6. The molecule has 0 aliphatic rings. The van der Waals surface area contributed by atoms with Gasteiger partial charge in [0.1, 0.15) is 11.6 Å². The summed E-state index contributed by atoms with van der Waals surface area (Å²) in [5, 5.41) is 25.2. The van der Waals surface area contributed by atoms with E-state index in [9.17, 15) is 5.11 Å². The van der Waals surface area contributed by atoms with Crippen molar-refractivity contribution in [2.75, 3.05) is 17.7 Å². The van der Waals surface area contributed by atoms with Gasteiger partial charge >= 0.3 is 0 Å². The van der Waals surface area contributed by atoms with Gasteiger partial charge in [-0.1, -0.05) is 12.1 Å². The molecule has 0 saturated heterocycles. The first-order valence-electron chi connectivity index (χ1n) is 9.19. The van der Waals surface area contributed by atoms with E-state index in [-0.39, 0.29) is 5.75 Å². The highest BCUT2D eigenvalue weighted by Crippen LogP contribution is 2.31. The molecule has 2 heterocycles. The van der Waals surface area contributed by atoms with Gasteiger partial charge in [0.25, 0.3) is 0 Å². The number of nitrogens with one attached hydrogen (secondary N) is 3. The zero-order chi connectivity index (χ0) is 19.8. The van der Waals surface area contributed by atoms with E-state index in [0.29, 0.717) is 11.6 Å². The number of hydrogen-bond donors (Lipinski definition) is 4. The Morgan fingerprint density at radius 1 is 0.931 bits per heavy atom. The number of aromatic nitrogens is 4. The van der Waals surface area contributed by atoms with Gasteiger partial charge in [0.15, 0.2) is 5.82 Å². The van der Waals surface area contributed by atoms with Gasteiger partial charge in [-0.05, 0) is 48.5 Å². The molecule has 0 amide bonds. The number of hydrogen-bond acceptors (Lipinski definition) is 6. The Labute approximate surface area is 166 Å². The van der Waals surface area contributed by atoms with E-state index in [4.69, 9.17) is 9.97 Å². The third kappa shape index (κ3) is 3.19. The molecule has 0 radical (unpaired) electrons. The van der Waals surface area contributed by atoms with Crippen LogP contribution in [0.25, 0.3) is 33.2 Å². The van der Waals surface area contributed by atoms with Crippen molar-refractivity contribution in [3.63, 3.8) is 0 Å². The van der Waals surface area contributed by atoms with Crippen LogP contribution in [0.2, 0.25) is 0 Å². The third-order valence-electron chi connectivity index (χ3n) is 4.79. The summed E-state index contributed by atoms with van der Waals surface area (Å²) in [5.74, 6) is 1.39. The number of benzene rings is 3. The molecule has 7 heteroatoms. The quantitative estimate of drug-likeness (QED) is 0.361. The number of fused-ring (bicyclic) bond motifs is 2. The van der Waals surface area contributed by atoms with Crippen LogP contribution in [0.5, 0.6) is 5.75 Å². The van der Waals surface area contributed by atoms with Gasteiger partial charge in [0.2, 0.25) is 0 Å². The minimum atomic E-state index is 0.166. The van der Waals surface area contributed by atoms with E-state index in [2.05, 4.69) is 20.8 Å². The highest BCUT2D eigenvalue weighted by atomic mass is 16.3. The van der Waals surface area contributed by atoms with Gasteiger partial charge < -0.3 is 15.7 Å². The van der Waals surface area contributed by atoms with Crippen LogP contribution in [0.15, 0.2) is 66.9 Å². The fourth-order valence-electron chi connectivity index (χ4n) is 3.31. The molecule has 0 fully saturated rings. The molecule has 0 atom stereocenters. The van der Waals surface area contributed by atoms with E-state index in [1.165, 1.54) is 0 Å². The molecule has 0 aliphatic heterocycles. The average molecular weight is 382 g/mol. The van der Waals surface area contributed by atoms with Gasteiger partial charge in [0.05, 0.1) is 17.2 Å². The van der Waals surface area contributed by atoms with Crippen molar-refractivity contribution in [1.82, 2.24) is 20.2 Å². The van der Waals surface area contributed by atoms with Crippen LogP contribution in [0.4, 0.5) is 17.2 Å². The second-order valence-corrected chi connectivity index (χ2v) is 6.73. The number of phenolic OH excluding ortho intramolecular Hbond substituents is 1. The van der Waals surface area contributed by atoms with Crippen molar-refractivity contribution in [3.05, 3.63) is 66.9 Å². The molecule has 2 aromatic heterocycles. The molecule has 5 aromatic rings. The lowest BCUT2D eigenvalue weighted by molar-refractivity contribution is 0.476. The van der Waals surface area contributed by atoms with E-state index < -0.39 is 0 Å². The lowest BCUT2D eigenvalue weighted by atomic mass is 10.1. The molecule has 0 bridgehead atoms. The summed E-state index contributed by atoms with van der Waals surface area (Å²) in [6.45, 7) is 0. The second kappa shape index (κ2) is 6.79. The Morgan fingerprint density at radius 3 is 2.76 bits per heavy atom. The van der Waals surface area contributed by atoms with Crippen molar-refractivity contribution in [2.24, 2.45) is 0 Å². The molecule has 5 rings (SSSR count). The molecule has 3 aromatic carbocycles. The summed E-state index contributed by atoms with van der Waals surface area (Å²) < 4.78 is 0. The molecular formula is C22H18N6O. The number of H-pyrrole nitrogens is 1. The fraction of sp³-hybridized carbons (Fsp3) is 0.0455. The van der Waals surface area contributed by atoms with E-state index in [0.717, 1.165) is 38.7 Å². The SMILES string of the molecule is CNc1cccc(-c2nc(Nc3ccc4[nH]ncc4c3)c3cc(O)ccc3n2)c1. The van der Waals surface area contributed by atoms with Crippen molar-refractivity contribution >= 4 is 39.0 Å². The first kappa shape index (κ1) is 17.0. The van der Waals surface area contributed by atoms with Crippen molar-refractivity contribution in [2.45, 2.75) is 0 Å². The summed E-state index contributed by atoms with van der Waals surface area (Å²) in [6, 6.07) is 18.9. The van der Waals surface area contributed by atoms with Crippen molar-refractivity contribution < 1.29 is 5.11 Å². The van der Waals surface area contributed by atoms with Gasteiger partial charge in [-0.2, -0.15) is 5.10 Å². The molecule has 142 valence electrons. The number of aromatic amines is 1. The predicted molar refractivity (Wildman–Crippen MR) is 116 cm³/mol. The highest BCUT2D eigenvalue weighted by molar-refractivity contribution is 5.94. The summed E-state index contributed by atoms with van der Waals surface area (Å²) in [4.78, 5) is 9.47. The Balaban J connectivity index is 1.66. The van der Waals surface area contributed by atoms with Crippen LogP contribution >= 0.6 is 0 Å². The Hall–Kier alpha value is -4.13. The van der Waals surface area contributed by atoms with Crippen molar-refractivity contribution in [3.8, 4) is 17.1 Å². The van der Waals surface area contributed by atoms with Crippen LogP contribution in [-0.4, -0.2) is 32.3 Å². The van der Waals surface area contributed by atoms with Crippen LogP contribution in [0, 0.1) is 0 Å². The molecule has 4 N–H and O–H groups in total. The minimum Gasteiger partial charge on any atom is -0.508 e. The topological polar surface area (TPSA) is 98.8 Å². The number of rotatable bonds is 4. The highest BCUT2D eigenvalue weighted by Gasteiger charge is 2.12. The Bertz CT molecular complexity index is 1340. The van der Waals surface area contributed by atoms with E-state index >= 15 is 0 Å². The predicted octanol–water partition coefficient (Wildman–Crippen LogP) is 4.66. The van der Waals surface area contributed by atoms with Crippen LogP contribution in [0.3, 0.4) is 0 Å². The first-order valence-corrected chi connectivity index (χ1v) is 9.19. The van der Waals surface area contributed by atoms with Gasteiger partial charge in [-0.15, -0.1) is 0 Å². The fourth-order valence-corrected chi connectivity index (χ4v) is 3.31. The minimum absolute atomic E-state index is 0.166. The maximum absolute atomic E-state index is 9.98. The van der Waals surface area contributed by atoms with Crippen LogP contribution in [-0.2, 0) is 0 Å². The summed E-state index contributed by atoms with van der Waals surface area (Å²) in [5.41, 5.74) is 4.47. The molecule has 29 heavy (non-hydrogen) atoms. The largest absolute Gasteiger partial charge is 0.508 e. The average Bonchev–Trinajstić information content (AvgIpc) is 3.22. The first-order chi connectivity index (χ1) is 14.2. The molecule has 0 aliphatic carbocycles. The van der Waals surface area contributed by atoms with Crippen LogP contribution in [0.1, 0.15) is 0 Å². The lowest BCUT2D eigenvalue weighted by Gasteiger charge is -2.12. The molecular weight excluding hydrogens is 364 g/mol. The number of nitrogens with zero attached hydrogens (tertiary/aromatic N) is 3. The summed E-state index contributed by atoms with van der Waals surface area (Å²) in [6.07, 6.45) is 1.78. The second-order valence-electron chi connectivity index (χ2n) is 6.73. The van der Waals surface area contributed by atoms with E-state index in [1.54, 1.807) is 24.4 Å². The normalized spacial score (nSPS) is 11.1. The van der Waals surface area contributed by atoms with E-state index in [1.807, 2.05) is 49.5 Å². The van der Waals surface area contributed by atoms with Crippen LogP contribution < -0.4 is 10.6 Å². The number of anilines is 3. The summed E-state index contributed by atoms with van der Waals surface area (Å²) in [7, 11) is 1.88. The molecule has 0 saturated carbocycles. The third-order valence-corrected chi connectivity index (χ3v) is 4.79. The monoisotopic (exact) mass is 382 g/mol. The van der Waals surface area contributed by atoms with Crippen molar-refractivity contribution in [1.29, 1.82) is 0 Å². The molecule has 0 unspecified atom stereocenters. The Kier molecular flexibility index (Phi) is 3.98. The number of aromatic hydroxyl groups is 1.